The lowest BCUT2D eigenvalue weighted by molar-refractivity contribution is -0.116. The second kappa shape index (κ2) is 8.67. The molecule has 0 atom stereocenters. The van der Waals surface area contributed by atoms with Crippen molar-refractivity contribution in [3.8, 4) is 0 Å². The number of hydrogen-bond acceptors (Lipinski definition) is 7. The van der Waals surface area contributed by atoms with E-state index in [0.717, 1.165) is 30.3 Å². The van der Waals surface area contributed by atoms with E-state index < -0.39 is 10.0 Å². The third-order valence-electron chi connectivity index (χ3n) is 6.49. The fraction of sp³-hybridized carbons (Fsp3) is 0.500. The second-order valence-corrected chi connectivity index (χ2v) is 10.5. The van der Waals surface area contributed by atoms with Gasteiger partial charge in [-0.1, -0.05) is 0 Å². The fourth-order valence-electron chi connectivity index (χ4n) is 4.61. The summed E-state index contributed by atoms with van der Waals surface area (Å²) >= 11 is 0. The smallest absolute Gasteiger partial charge is 0.243 e. The number of nitrogens with zero attached hydrogens (tertiary/aromatic N) is 5. The third-order valence-corrected chi connectivity index (χ3v) is 8.38. The first-order chi connectivity index (χ1) is 15.5. The van der Waals surface area contributed by atoms with Gasteiger partial charge in [0.15, 0.2) is 11.6 Å². The fourth-order valence-corrected chi connectivity index (χ4v) is 6.08. The van der Waals surface area contributed by atoms with Gasteiger partial charge in [-0.25, -0.2) is 8.42 Å². The summed E-state index contributed by atoms with van der Waals surface area (Å²) in [5.41, 5.74) is 1.57. The number of sulfonamides is 1. The summed E-state index contributed by atoms with van der Waals surface area (Å²) in [6.45, 7) is 3.98. The maximum absolute atomic E-state index is 13.2. The van der Waals surface area contributed by atoms with Crippen LogP contribution in [0.15, 0.2) is 35.2 Å². The Bertz CT molecular complexity index is 1090. The summed E-state index contributed by atoms with van der Waals surface area (Å²) in [5.74, 6) is 1.67. The molecule has 1 N–H and O–H groups in total. The number of benzene rings is 1. The molecule has 10 heteroatoms. The molecule has 2 saturated heterocycles. The van der Waals surface area contributed by atoms with Crippen LogP contribution in [0.4, 0.5) is 17.3 Å². The van der Waals surface area contributed by atoms with E-state index in [-0.39, 0.29) is 10.8 Å². The van der Waals surface area contributed by atoms with Crippen LogP contribution in [0.1, 0.15) is 31.2 Å². The van der Waals surface area contributed by atoms with Gasteiger partial charge in [-0.2, -0.15) is 4.31 Å². The average molecular weight is 457 g/mol. The number of carbonyl (C=O) groups excluding carboxylic acids is 1. The number of hydrogen-bond donors (Lipinski definition) is 1. The number of aryl methyl sites for hydroxylation is 1. The lowest BCUT2D eigenvalue weighted by Crippen LogP contribution is -2.49. The third kappa shape index (κ3) is 4.16. The Kier molecular flexibility index (Phi) is 5.73. The molecule has 0 spiro atoms. The molecule has 32 heavy (non-hydrogen) atoms. The first kappa shape index (κ1) is 21.1. The van der Waals surface area contributed by atoms with Crippen molar-refractivity contribution in [2.24, 2.45) is 0 Å². The SMILES string of the molecule is O=C1CCc2cc(S(=O)(=O)N3CCN(c4ccc(N5CCCCC5)nn4)CC3)ccc2N1. The van der Waals surface area contributed by atoms with Crippen LogP contribution in [0.3, 0.4) is 0 Å². The second-order valence-electron chi connectivity index (χ2n) is 8.56. The monoisotopic (exact) mass is 456 g/mol. The predicted molar refractivity (Wildman–Crippen MR) is 122 cm³/mol. The number of fused-ring (bicyclic) bond motifs is 1. The normalized spacial score (nSPS) is 20.1. The van der Waals surface area contributed by atoms with E-state index in [4.69, 9.17) is 0 Å². The van der Waals surface area contributed by atoms with Crippen molar-refractivity contribution in [1.29, 1.82) is 0 Å². The van der Waals surface area contributed by atoms with Gasteiger partial charge in [0.1, 0.15) is 0 Å². The van der Waals surface area contributed by atoms with Crippen LogP contribution >= 0.6 is 0 Å². The summed E-state index contributed by atoms with van der Waals surface area (Å²) in [5, 5.41) is 11.6. The molecular formula is C22H28N6O3S. The van der Waals surface area contributed by atoms with Gasteiger partial charge in [0.05, 0.1) is 4.90 Å². The maximum Gasteiger partial charge on any atom is 0.243 e. The molecule has 0 radical (unpaired) electrons. The topological polar surface area (TPSA) is 98.7 Å². The first-order valence-electron chi connectivity index (χ1n) is 11.3. The summed E-state index contributed by atoms with van der Waals surface area (Å²) in [6, 6.07) is 8.97. The van der Waals surface area contributed by atoms with E-state index in [1.54, 1.807) is 18.2 Å². The molecule has 9 nitrogen and oxygen atoms in total. The van der Waals surface area contributed by atoms with Crippen molar-refractivity contribution in [2.45, 2.75) is 37.0 Å². The minimum atomic E-state index is -3.58. The Morgan fingerprint density at radius 1 is 0.781 bits per heavy atom. The standard InChI is InChI=1S/C22H28N6O3S/c29-22-9-4-17-16-18(5-6-19(17)23-22)32(30,31)28-14-12-27(13-15-28)21-8-7-20(24-25-21)26-10-2-1-3-11-26/h5-8,16H,1-4,9-15H2,(H,23,29). The summed E-state index contributed by atoms with van der Waals surface area (Å²) < 4.78 is 27.9. The largest absolute Gasteiger partial charge is 0.355 e. The molecule has 5 rings (SSSR count). The van der Waals surface area contributed by atoms with Crippen LogP contribution in [0.5, 0.6) is 0 Å². The molecule has 1 aromatic carbocycles. The molecule has 1 aromatic heterocycles. The molecule has 0 unspecified atom stereocenters. The van der Waals surface area contributed by atoms with Crippen LogP contribution in [0.25, 0.3) is 0 Å². The highest BCUT2D eigenvalue weighted by Gasteiger charge is 2.30. The Morgan fingerprint density at radius 2 is 1.44 bits per heavy atom. The van der Waals surface area contributed by atoms with Crippen LogP contribution < -0.4 is 15.1 Å². The molecular weight excluding hydrogens is 428 g/mol. The van der Waals surface area contributed by atoms with Crippen LogP contribution in [0, 0.1) is 0 Å². The van der Waals surface area contributed by atoms with Crippen LogP contribution in [-0.2, 0) is 21.2 Å². The van der Waals surface area contributed by atoms with Crippen molar-refractivity contribution >= 4 is 33.3 Å². The van der Waals surface area contributed by atoms with Gasteiger partial charge < -0.3 is 15.1 Å². The molecule has 1 amide bonds. The van der Waals surface area contributed by atoms with E-state index in [1.807, 2.05) is 12.1 Å². The molecule has 0 aliphatic carbocycles. The Morgan fingerprint density at radius 3 is 2.09 bits per heavy atom. The zero-order valence-corrected chi connectivity index (χ0v) is 18.9. The molecule has 4 heterocycles. The highest BCUT2D eigenvalue weighted by molar-refractivity contribution is 7.89. The van der Waals surface area contributed by atoms with Gasteiger partial charge in [0, 0.05) is 51.4 Å². The highest BCUT2D eigenvalue weighted by atomic mass is 32.2. The van der Waals surface area contributed by atoms with Crippen molar-refractivity contribution in [1.82, 2.24) is 14.5 Å². The zero-order chi connectivity index (χ0) is 22.1. The number of anilines is 3. The number of carbonyl (C=O) groups is 1. The number of piperidine rings is 1. The summed E-state index contributed by atoms with van der Waals surface area (Å²) in [4.78, 5) is 16.2. The van der Waals surface area contributed by atoms with Crippen LogP contribution in [0.2, 0.25) is 0 Å². The van der Waals surface area contributed by atoms with E-state index in [1.165, 1.54) is 23.6 Å². The summed E-state index contributed by atoms with van der Waals surface area (Å²) in [7, 11) is -3.58. The Hall–Kier alpha value is -2.72. The highest BCUT2D eigenvalue weighted by Crippen LogP contribution is 2.28. The zero-order valence-electron chi connectivity index (χ0n) is 18.0. The van der Waals surface area contributed by atoms with Crippen molar-refractivity contribution in [3.63, 3.8) is 0 Å². The van der Waals surface area contributed by atoms with Crippen molar-refractivity contribution in [2.75, 3.05) is 54.4 Å². The molecule has 2 fully saturated rings. The molecule has 170 valence electrons. The molecule has 0 saturated carbocycles. The Balaban J connectivity index is 1.23. The van der Waals surface area contributed by atoms with Gasteiger partial charge in [-0.05, 0) is 61.6 Å². The molecule has 3 aliphatic rings. The van der Waals surface area contributed by atoms with Gasteiger partial charge in [-0.3, -0.25) is 4.79 Å². The lowest BCUT2D eigenvalue weighted by atomic mass is 10.0. The number of aromatic nitrogens is 2. The van der Waals surface area contributed by atoms with E-state index in [0.29, 0.717) is 44.7 Å². The number of rotatable bonds is 4. The van der Waals surface area contributed by atoms with Crippen molar-refractivity contribution < 1.29 is 13.2 Å². The number of nitrogens with one attached hydrogen (secondary N) is 1. The first-order valence-corrected chi connectivity index (χ1v) is 12.7. The summed E-state index contributed by atoms with van der Waals surface area (Å²) in [6.07, 6.45) is 4.60. The minimum Gasteiger partial charge on any atom is -0.355 e. The van der Waals surface area contributed by atoms with Gasteiger partial charge in [-0.15, -0.1) is 10.2 Å². The van der Waals surface area contributed by atoms with Gasteiger partial charge in [0.25, 0.3) is 0 Å². The maximum atomic E-state index is 13.2. The quantitative estimate of drug-likeness (QED) is 0.750. The van der Waals surface area contributed by atoms with E-state index in [2.05, 4.69) is 25.3 Å². The van der Waals surface area contributed by atoms with Crippen molar-refractivity contribution in [3.05, 3.63) is 35.9 Å². The van der Waals surface area contributed by atoms with Crippen LogP contribution in [-0.4, -0.2) is 68.1 Å². The van der Waals surface area contributed by atoms with E-state index in [9.17, 15) is 13.2 Å². The predicted octanol–water partition coefficient (Wildman–Crippen LogP) is 1.86. The minimum absolute atomic E-state index is 0.0312. The van der Waals surface area contributed by atoms with Gasteiger partial charge >= 0.3 is 0 Å². The molecule has 2 aromatic rings. The molecule has 3 aliphatic heterocycles. The average Bonchev–Trinajstić information content (AvgIpc) is 2.84. The van der Waals surface area contributed by atoms with Gasteiger partial charge in [0.2, 0.25) is 15.9 Å². The Labute approximate surface area is 188 Å². The number of piperazine rings is 1. The van der Waals surface area contributed by atoms with E-state index >= 15 is 0 Å². The number of amides is 1. The lowest BCUT2D eigenvalue weighted by Gasteiger charge is -2.35. The molecule has 0 bridgehead atoms.